The van der Waals surface area contributed by atoms with Crippen LogP contribution in [0.25, 0.3) is 0 Å². The Hall–Kier alpha value is -2.73. The first-order valence-corrected chi connectivity index (χ1v) is 31.3. The molecule has 0 bridgehead atoms. The van der Waals surface area contributed by atoms with Crippen molar-refractivity contribution in [3.05, 3.63) is 24.3 Å². The number of allylic oxidation sites excluding steroid dienone is 3. The van der Waals surface area contributed by atoms with E-state index in [1.807, 2.05) is 6.08 Å². The molecule has 1 rings (SSSR count). The molecule has 17 nitrogen and oxygen atoms in total. The smallest absolute Gasteiger partial charge is 0.327 e. The van der Waals surface area contributed by atoms with Gasteiger partial charge >= 0.3 is 19.5 Å². The quantitative estimate of drug-likeness (QED) is 0.0144. The molecule has 0 aromatic heterocycles. The number of ether oxygens (including phenoxy) is 4. The number of aliphatic hydroxyl groups is 4. The van der Waals surface area contributed by atoms with Crippen LogP contribution >= 0.6 is 7.60 Å². The minimum atomic E-state index is -3.69. The molecule has 1 aliphatic rings. The van der Waals surface area contributed by atoms with Gasteiger partial charge in [0.05, 0.1) is 32.3 Å². The Morgan fingerprint density at radius 3 is 1.69 bits per heavy atom. The van der Waals surface area contributed by atoms with Gasteiger partial charge in [-0.15, -0.1) is 0 Å². The summed E-state index contributed by atoms with van der Waals surface area (Å²) < 4.78 is 46.9. The Kier molecular flexibility index (Phi) is 44.3. The predicted molar refractivity (Wildman–Crippen MR) is 294 cm³/mol. The lowest BCUT2D eigenvalue weighted by atomic mass is 9.99. The molecule has 6 N–H and O–H groups in total. The zero-order valence-corrected chi connectivity index (χ0v) is 47.8. The van der Waals surface area contributed by atoms with Crippen LogP contribution in [0.15, 0.2) is 24.3 Å². The largest absolute Gasteiger partial charge is 0.461 e. The number of carbonyl (C=O) groups is 4. The van der Waals surface area contributed by atoms with E-state index in [2.05, 4.69) is 49.6 Å². The number of rotatable bonds is 50. The summed E-state index contributed by atoms with van der Waals surface area (Å²) >= 11 is 0. The third kappa shape index (κ3) is 38.5. The highest BCUT2D eigenvalue weighted by Gasteiger charge is 2.44. The summed E-state index contributed by atoms with van der Waals surface area (Å²) in [5, 5.41) is 44.6. The van der Waals surface area contributed by atoms with Gasteiger partial charge in [0.15, 0.2) is 12.4 Å². The van der Waals surface area contributed by atoms with Crippen LogP contribution in [0.1, 0.15) is 220 Å². The minimum absolute atomic E-state index is 0.0592. The predicted octanol–water partition coefficient (Wildman–Crippen LogP) is 10.2. The van der Waals surface area contributed by atoms with Crippen LogP contribution in [-0.2, 0) is 51.7 Å². The number of esters is 2. The second kappa shape index (κ2) is 47.3. The fourth-order valence-corrected chi connectivity index (χ4v) is 9.41. The molecule has 8 atom stereocenters. The second-order valence-corrected chi connectivity index (χ2v) is 22.3. The summed E-state index contributed by atoms with van der Waals surface area (Å²) in [6.07, 6.45) is 30.3. The molecule has 75 heavy (non-hydrogen) atoms. The lowest BCUT2D eigenvalue weighted by molar-refractivity contribution is -0.301. The van der Waals surface area contributed by atoms with Crippen LogP contribution in [-0.4, -0.2) is 134 Å². The second-order valence-electron chi connectivity index (χ2n) is 20.2. The van der Waals surface area contributed by atoms with Crippen LogP contribution in [0.2, 0.25) is 0 Å². The lowest BCUT2D eigenvalue weighted by Crippen LogP contribution is -2.59. The van der Waals surface area contributed by atoms with Crippen LogP contribution in [0, 0.1) is 5.92 Å². The van der Waals surface area contributed by atoms with Crippen molar-refractivity contribution in [1.82, 2.24) is 10.6 Å². The number of amides is 2. The molecule has 0 spiro atoms. The molecule has 0 radical (unpaired) electrons. The van der Waals surface area contributed by atoms with E-state index in [4.69, 9.17) is 28.0 Å². The van der Waals surface area contributed by atoms with Crippen molar-refractivity contribution in [1.29, 1.82) is 0 Å². The molecule has 0 aromatic rings. The molecule has 0 saturated carbocycles. The Balaban J connectivity index is 2.58. The molecule has 438 valence electrons. The lowest BCUT2D eigenvalue weighted by Gasteiger charge is -2.39. The molecule has 1 saturated heterocycles. The average molecular weight is 1090 g/mol. The van der Waals surface area contributed by atoms with E-state index in [0.717, 1.165) is 83.5 Å². The van der Waals surface area contributed by atoms with Crippen LogP contribution in [0.4, 0.5) is 0 Å². The molecule has 1 heterocycles. The molecule has 4 unspecified atom stereocenters. The standard InChI is InChI=1S/C57H105N2O15P/c1-5-8-11-14-16-18-19-20-21-22-23-24-26-28-31-39-52(63)73-48(45-70-56(67)47(35-29-13-10-7-3)36-30-27-25-17-15-12-9-6-2)46-72-75(4,68)71-43-41-59-51(62)38-33-32-37-50(61)58-40-34-42-69-57-55(66)54(65)53(64)49(44-60)74-57/h20-21,30,36,47-49,53-55,57,60,64-66H,5-19,22-29,31-35,37-46H2,1-4H3,(H,58,61)(H,59,62)/t47?,48-,49?,53+,54+,55?,57-,75?/m1/s1. The molecule has 0 aromatic carbocycles. The number of aliphatic hydroxyl groups excluding tert-OH is 4. The van der Waals surface area contributed by atoms with Gasteiger partial charge in [-0.25, -0.2) is 0 Å². The van der Waals surface area contributed by atoms with Gasteiger partial charge in [0.1, 0.15) is 31.0 Å². The van der Waals surface area contributed by atoms with Gasteiger partial charge in [0.25, 0.3) is 0 Å². The Morgan fingerprint density at radius 2 is 1.11 bits per heavy atom. The molecule has 2 amide bonds. The number of hydrogen-bond donors (Lipinski definition) is 6. The number of carbonyl (C=O) groups excluding carboxylic acids is 4. The zero-order chi connectivity index (χ0) is 55.2. The van der Waals surface area contributed by atoms with Gasteiger partial charge in [-0.05, 0) is 70.6 Å². The van der Waals surface area contributed by atoms with Crippen LogP contribution in [0.5, 0.6) is 0 Å². The summed E-state index contributed by atoms with van der Waals surface area (Å²) in [5.41, 5.74) is 0. The van der Waals surface area contributed by atoms with Crippen molar-refractivity contribution < 1.29 is 72.2 Å². The summed E-state index contributed by atoms with van der Waals surface area (Å²) in [5.74, 6) is -1.74. The summed E-state index contributed by atoms with van der Waals surface area (Å²) in [6, 6.07) is 0. The zero-order valence-electron chi connectivity index (χ0n) is 46.9. The van der Waals surface area contributed by atoms with Crippen molar-refractivity contribution in [3.8, 4) is 0 Å². The van der Waals surface area contributed by atoms with Crippen LogP contribution < -0.4 is 10.6 Å². The molecular formula is C57H105N2O15P. The van der Waals surface area contributed by atoms with E-state index in [9.17, 15) is 44.2 Å². The summed E-state index contributed by atoms with van der Waals surface area (Å²) in [4.78, 5) is 51.4. The maximum Gasteiger partial charge on any atom is 0.327 e. The van der Waals surface area contributed by atoms with Gasteiger partial charge in [0, 0.05) is 39.0 Å². The minimum Gasteiger partial charge on any atom is -0.461 e. The van der Waals surface area contributed by atoms with Crippen molar-refractivity contribution in [2.75, 3.05) is 52.8 Å². The molecule has 0 aliphatic carbocycles. The normalized spacial score (nSPS) is 19.5. The highest BCUT2D eigenvalue weighted by atomic mass is 31.2. The topological polar surface area (TPSA) is 246 Å². The van der Waals surface area contributed by atoms with Crippen molar-refractivity contribution >= 4 is 31.3 Å². The first kappa shape index (κ1) is 70.3. The van der Waals surface area contributed by atoms with E-state index >= 15 is 0 Å². The number of nitrogens with one attached hydrogen (secondary N) is 2. The molecule has 1 aliphatic heterocycles. The average Bonchev–Trinajstić information content (AvgIpc) is 3.39. The highest BCUT2D eigenvalue weighted by Crippen LogP contribution is 2.43. The van der Waals surface area contributed by atoms with Crippen molar-refractivity contribution in [2.24, 2.45) is 5.92 Å². The monoisotopic (exact) mass is 1090 g/mol. The number of hydrogen-bond acceptors (Lipinski definition) is 15. The third-order valence-corrected chi connectivity index (χ3v) is 14.5. The molecule has 18 heteroatoms. The highest BCUT2D eigenvalue weighted by molar-refractivity contribution is 7.52. The SMILES string of the molecule is CCCCCCCCC=CCCCCCCCC(=O)O[C@H](COC(=O)C(C=CCCCCCCCC)CCCCCC)COP(C)(=O)OCCNC(=O)CCCCC(=O)NCCCO[C@@H]1OC(CO)[C@H](O)[C@H](O)C1O. The maximum absolute atomic E-state index is 13.5. The van der Waals surface area contributed by atoms with E-state index in [0.29, 0.717) is 32.1 Å². The van der Waals surface area contributed by atoms with E-state index in [1.54, 1.807) is 0 Å². The Bertz CT molecular complexity index is 1550. The fourth-order valence-electron chi connectivity index (χ4n) is 8.48. The van der Waals surface area contributed by atoms with Gasteiger partial charge < -0.3 is 59.1 Å². The van der Waals surface area contributed by atoms with Crippen molar-refractivity contribution in [3.63, 3.8) is 0 Å². The Morgan fingerprint density at radius 1 is 0.587 bits per heavy atom. The first-order chi connectivity index (χ1) is 36.3. The number of unbranched alkanes of at least 4 members (excludes halogenated alkanes) is 21. The summed E-state index contributed by atoms with van der Waals surface area (Å²) in [7, 11) is -3.69. The van der Waals surface area contributed by atoms with Gasteiger partial charge in [0.2, 0.25) is 11.8 Å². The van der Waals surface area contributed by atoms with E-state index in [1.165, 1.54) is 70.9 Å². The molecular weight excluding hydrogens is 984 g/mol. The van der Waals surface area contributed by atoms with E-state index < -0.39 is 68.9 Å². The summed E-state index contributed by atoms with van der Waals surface area (Å²) in [6.45, 7) is 7.06. The fraction of sp³-hybridized carbons (Fsp3) is 0.860. The first-order valence-electron chi connectivity index (χ1n) is 29.3. The third-order valence-electron chi connectivity index (χ3n) is 13.2. The van der Waals surface area contributed by atoms with Gasteiger partial charge in [-0.1, -0.05) is 154 Å². The maximum atomic E-state index is 13.5. The van der Waals surface area contributed by atoms with Crippen LogP contribution in [0.3, 0.4) is 0 Å². The van der Waals surface area contributed by atoms with E-state index in [-0.39, 0.29) is 70.6 Å². The van der Waals surface area contributed by atoms with Crippen molar-refractivity contribution in [2.45, 2.75) is 257 Å². The molecule has 1 fully saturated rings. The van der Waals surface area contributed by atoms with Gasteiger partial charge in [-0.2, -0.15) is 0 Å². The Labute approximate surface area is 452 Å². The van der Waals surface area contributed by atoms with Gasteiger partial charge in [-0.3, -0.25) is 23.7 Å².